The molecule has 0 nitrogen and oxygen atoms in total. The molecule has 0 heteroatoms. The predicted octanol–water partition coefficient (Wildman–Crippen LogP) is 6.33. The minimum absolute atomic E-state index is 1.29. The second kappa shape index (κ2) is 8.56. The number of allylic oxidation sites excluding steroid dienone is 4. The minimum Gasteiger partial charge on any atom is -0.0882 e. The Morgan fingerprint density at radius 1 is 0.444 bits per heavy atom. The Balaban J connectivity index is 1.96. The zero-order chi connectivity index (χ0) is 12.5. The summed E-state index contributed by atoms with van der Waals surface area (Å²) in [7, 11) is 0. The highest BCUT2D eigenvalue weighted by Gasteiger charge is 2.09. The van der Waals surface area contributed by atoms with Gasteiger partial charge in [-0.1, -0.05) is 61.8 Å². The molecule has 0 atom stereocenters. The van der Waals surface area contributed by atoms with E-state index in [0.29, 0.717) is 0 Å². The number of hydrogen-bond acceptors (Lipinski definition) is 0. The predicted molar refractivity (Wildman–Crippen MR) is 80.8 cm³/mol. The average Bonchev–Trinajstić information content (AvgIpc) is 2.34. The maximum Gasteiger partial charge on any atom is -0.0283 e. The zero-order valence-electron chi connectivity index (χ0n) is 12.1. The van der Waals surface area contributed by atoms with Gasteiger partial charge in [0.05, 0.1) is 0 Å². The van der Waals surface area contributed by atoms with E-state index in [-0.39, 0.29) is 0 Å². The molecule has 0 aromatic rings. The van der Waals surface area contributed by atoms with Crippen LogP contribution >= 0.6 is 0 Å². The third-order valence-electron chi connectivity index (χ3n) is 4.60. The van der Waals surface area contributed by atoms with Crippen LogP contribution in [0, 0.1) is 0 Å². The molecule has 102 valence electrons. The van der Waals surface area contributed by atoms with E-state index in [0.717, 1.165) is 0 Å². The van der Waals surface area contributed by atoms with Crippen molar-refractivity contribution in [3.63, 3.8) is 0 Å². The van der Waals surface area contributed by atoms with E-state index in [4.69, 9.17) is 0 Å². The molecule has 0 radical (unpaired) electrons. The van der Waals surface area contributed by atoms with Crippen molar-refractivity contribution in [1.29, 1.82) is 0 Å². The van der Waals surface area contributed by atoms with Crippen molar-refractivity contribution in [3.8, 4) is 0 Å². The van der Waals surface area contributed by atoms with Crippen molar-refractivity contribution in [2.45, 2.75) is 89.9 Å². The highest BCUT2D eigenvalue weighted by atomic mass is 14.1. The van der Waals surface area contributed by atoms with Crippen molar-refractivity contribution >= 4 is 0 Å². The van der Waals surface area contributed by atoms with Gasteiger partial charge < -0.3 is 0 Å². The molecule has 0 amide bonds. The molecule has 0 aromatic carbocycles. The summed E-state index contributed by atoms with van der Waals surface area (Å²) < 4.78 is 0. The topological polar surface area (TPSA) is 0 Å². The van der Waals surface area contributed by atoms with Crippen molar-refractivity contribution in [2.75, 3.05) is 0 Å². The average molecular weight is 246 g/mol. The summed E-state index contributed by atoms with van der Waals surface area (Å²) >= 11 is 0. The van der Waals surface area contributed by atoms with Crippen LogP contribution in [0.15, 0.2) is 23.3 Å². The number of rotatable bonds is 0. The van der Waals surface area contributed by atoms with Crippen LogP contribution in [-0.2, 0) is 0 Å². The van der Waals surface area contributed by atoms with E-state index in [9.17, 15) is 0 Å². The quantitative estimate of drug-likeness (QED) is 0.438. The lowest BCUT2D eigenvalue weighted by molar-refractivity contribution is 0.549. The largest absolute Gasteiger partial charge is 0.0882 e. The minimum atomic E-state index is 1.29. The Labute approximate surface area is 114 Å². The fourth-order valence-electron chi connectivity index (χ4n) is 3.45. The molecular weight excluding hydrogens is 216 g/mol. The fraction of sp³-hybridized carbons (Fsp3) is 0.778. The fourth-order valence-corrected chi connectivity index (χ4v) is 3.45. The van der Waals surface area contributed by atoms with Crippen molar-refractivity contribution < 1.29 is 0 Å². The highest BCUT2D eigenvalue weighted by Crippen LogP contribution is 2.29. The summed E-state index contributed by atoms with van der Waals surface area (Å²) in [4.78, 5) is 0. The highest BCUT2D eigenvalue weighted by molar-refractivity contribution is 5.17. The standard InChI is InChI=1S/C18H30/c1-2-4-6-10-14-18-16-12-8-7-11-15-17(18)13-9-5-3-1/h7-8H,1-6,9-16H2/b8-7-,18-17-. The normalized spacial score (nSPS) is 30.2. The van der Waals surface area contributed by atoms with E-state index < -0.39 is 0 Å². The molecule has 0 aliphatic heterocycles. The van der Waals surface area contributed by atoms with Crippen molar-refractivity contribution in [2.24, 2.45) is 0 Å². The summed E-state index contributed by atoms with van der Waals surface area (Å²) in [5.74, 6) is 0. The van der Waals surface area contributed by atoms with Crippen LogP contribution in [0.25, 0.3) is 0 Å². The third kappa shape index (κ3) is 5.00. The first-order chi connectivity index (χ1) is 8.97. The Morgan fingerprint density at radius 3 is 1.28 bits per heavy atom. The summed E-state index contributed by atoms with van der Waals surface area (Å²) in [6.07, 6.45) is 24.6. The molecule has 0 N–H and O–H groups in total. The Morgan fingerprint density at radius 2 is 0.833 bits per heavy atom. The van der Waals surface area contributed by atoms with Gasteiger partial charge in [-0.15, -0.1) is 0 Å². The molecule has 0 aromatic heterocycles. The lowest BCUT2D eigenvalue weighted by Crippen LogP contribution is -1.98. The molecule has 0 bridgehead atoms. The van der Waals surface area contributed by atoms with Gasteiger partial charge in [0.2, 0.25) is 0 Å². The van der Waals surface area contributed by atoms with E-state index in [2.05, 4.69) is 12.2 Å². The second-order valence-electron chi connectivity index (χ2n) is 6.08. The van der Waals surface area contributed by atoms with E-state index >= 15 is 0 Å². The van der Waals surface area contributed by atoms with Gasteiger partial charge in [0.25, 0.3) is 0 Å². The molecule has 18 heavy (non-hydrogen) atoms. The third-order valence-corrected chi connectivity index (χ3v) is 4.60. The van der Waals surface area contributed by atoms with Gasteiger partial charge in [0.15, 0.2) is 0 Å². The molecule has 0 heterocycles. The summed E-state index contributed by atoms with van der Waals surface area (Å²) in [5, 5.41) is 0. The summed E-state index contributed by atoms with van der Waals surface area (Å²) in [6, 6.07) is 0. The Hall–Kier alpha value is -0.520. The van der Waals surface area contributed by atoms with Gasteiger partial charge in [-0.2, -0.15) is 0 Å². The van der Waals surface area contributed by atoms with Gasteiger partial charge in [-0.05, 0) is 51.4 Å². The lowest BCUT2D eigenvalue weighted by atomic mass is 9.89. The molecule has 2 aliphatic carbocycles. The van der Waals surface area contributed by atoms with Crippen LogP contribution in [0.5, 0.6) is 0 Å². The maximum atomic E-state index is 2.40. The van der Waals surface area contributed by atoms with Crippen LogP contribution in [0.2, 0.25) is 0 Å². The van der Waals surface area contributed by atoms with Gasteiger partial charge in [-0.3, -0.25) is 0 Å². The van der Waals surface area contributed by atoms with E-state index in [1.54, 1.807) is 0 Å². The van der Waals surface area contributed by atoms with Gasteiger partial charge in [0.1, 0.15) is 0 Å². The molecule has 2 rings (SSSR count). The first-order valence-corrected chi connectivity index (χ1v) is 8.31. The van der Waals surface area contributed by atoms with Gasteiger partial charge in [0, 0.05) is 0 Å². The summed E-state index contributed by atoms with van der Waals surface area (Å²) in [5.41, 5.74) is 3.69. The zero-order valence-corrected chi connectivity index (χ0v) is 12.1. The Bertz CT molecular complexity index is 254. The lowest BCUT2D eigenvalue weighted by Gasteiger charge is -2.18. The first-order valence-electron chi connectivity index (χ1n) is 8.31. The molecule has 0 fully saturated rings. The van der Waals surface area contributed by atoms with Crippen molar-refractivity contribution in [3.05, 3.63) is 23.3 Å². The molecule has 0 saturated heterocycles. The number of hydrogen-bond donors (Lipinski definition) is 0. The monoisotopic (exact) mass is 246 g/mol. The first kappa shape index (κ1) is 13.9. The van der Waals surface area contributed by atoms with Crippen LogP contribution in [0.4, 0.5) is 0 Å². The van der Waals surface area contributed by atoms with Crippen LogP contribution < -0.4 is 0 Å². The van der Waals surface area contributed by atoms with E-state index in [1.807, 2.05) is 11.1 Å². The molecule has 0 spiro atoms. The molecule has 0 unspecified atom stereocenters. The second-order valence-corrected chi connectivity index (χ2v) is 6.08. The SMILES string of the molecule is C1=C\CC/C2=C(\CC/1)CCCCCCCCCC2. The van der Waals surface area contributed by atoms with Crippen LogP contribution in [-0.4, -0.2) is 0 Å². The molecule has 2 aliphatic rings. The van der Waals surface area contributed by atoms with Crippen LogP contribution in [0.1, 0.15) is 89.9 Å². The molecule has 0 saturated carbocycles. The van der Waals surface area contributed by atoms with Gasteiger partial charge >= 0.3 is 0 Å². The summed E-state index contributed by atoms with van der Waals surface area (Å²) in [6.45, 7) is 0. The van der Waals surface area contributed by atoms with Gasteiger partial charge in [-0.25, -0.2) is 0 Å². The Kier molecular flexibility index (Phi) is 6.61. The molecular formula is C18H30. The van der Waals surface area contributed by atoms with Crippen molar-refractivity contribution in [1.82, 2.24) is 0 Å². The maximum absolute atomic E-state index is 2.40. The van der Waals surface area contributed by atoms with Crippen LogP contribution in [0.3, 0.4) is 0 Å². The van der Waals surface area contributed by atoms with E-state index in [1.165, 1.54) is 89.9 Å². The smallest absolute Gasteiger partial charge is 0.0283 e.